The molecule has 22 heavy (non-hydrogen) atoms. The number of hydrogen-bond donors (Lipinski definition) is 0. The molecule has 0 aromatic carbocycles. The Morgan fingerprint density at radius 2 is 2.09 bits per heavy atom. The first-order chi connectivity index (χ1) is 10.6. The predicted molar refractivity (Wildman–Crippen MR) is 79.6 cm³/mol. The molecule has 0 amide bonds. The Balaban J connectivity index is 1.84. The molecule has 0 aliphatic carbocycles. The molecule has 0 aliphatic rings. The monoisotopic (exact) mass is 299 g/mol. The summed E-state index contributed by atoms with van der Waals surface area (Å²) >= 11 is 0. The van der Waals surface area contributed by atoms with E-state index in [1.807, 2.05) is 31.6 Å². The summed E-state index contributed by atoms with van der Waals surface area (Å²) in [4.78, 5) is 8.57. The van der Waals surface area contributed by atoms with E-state index in [4.69, 9.17) is 9.26 Å². The molecular formula is C15H17N5O2. The van der Waals surface area contributed by atoms with Crippen LogP contribution in [0, 0.1) is 13.8 Å². The topological polar surface area (TPSA) is 78.9 Å². The highest BCUT2D eigenvalue weighted by molar-refractivity contribution is 5.53. The SMILES string of the molecule is COc1ccc(-c2noc(Cc3c(C)nn(C)c3C)n2)cn1. The number of methoxy groups -OCH3 is 1. The first-order valence-corrected chi connectivity index (χ1v) is 6.90. The lowest BCUT2D eigenvalue weighted by Crippen LogP contribution is -1.95. The van der Waals surface area contributed by atoms with Gasteiger partial charge in [0, 0.05) is 36.1 Å². The van der Waals surface area contributed by atoms with E-state index in [0.29, 0.717) is 24.0 Å². The summed E-state index contributed by atoms with van der Waals surface area (Å²) in [6.07, 6.45) is 2.23. The summed E-state index contributed by atoms with van der Waals surface area (Å²) in [5.41, 5.74) is 3.98. The summed E-state index contributed by atoms with van der Waals surface area (Å²) in [6, 6.07) is 3.61. The molecule has 3 rings (SSSR count). The number of hydrogen-bond acceptors (Lipinski definition) is 6. The molecule has 0 radical (unpaired) electrons. The zero-order chi connectivity index (χ0) is 15.7. The third-order valence-corrected chi connectivity index (χ3v) is 3.66. The molecule has 0 saturated carbocycles. The van der Waals surface area contributed by atoms with Gasteiger partial charge in [0.25, 0.3) is 0 Å². The van der Waals surface area contributed by atoms with Crippen molar-refractivity contribution in [2.24, 2.45) is 7.05 Å². The highest BCUT2D eigenvalue weighted by atomic mass is 16.5. The van der Waals surface area contributed by atoms with E-state index in [1.54, 1.807) is 19.4 Å². The number of pyridine rings is 1. The maximum absolute atomic E-state index is 5.34. The molecule has 114 valence electrons. The minimum Gasteiger partial charge on any atom is -0.481 e. The van der Waals surface area contributed by atoms with Crippen LogP contribution in [0.2, 0.25) is 0 Å². The average Bonchev–Trinajstić information content (AvgIpc) is 3.08. The van der Waals surface area contributed by atoms with Gasteiger partial charge in [-0.1, -0.05) is 5.16 Å². The van der Waals surface area contributed by atoms with E-state index >= 15 is 0 Å². The summed E-state index contributed by atoms with van der Waals surface area (Å²) in [7, 11) is 3.50. The molecular weight excluding hydrogens is 282 g/mol. The quantitative estimate of drug-likeness (QED) is 0.734. The van der Waals surface area contributed by atoms with E-state index in [-0.39, 0.29) is 0 Å². The molecule has 0 N–H and O–H groups in total. The Hall–Kier alpha value is -2.70. The second kappa shape index (κ2) is 5.59. The van der Waals surface area contributed by atoms with Crippen molar-refractivity contribution in [1.29, 1.82) is 0 Å². The van der Waals surface area contributed by atoms with Crippen LogP contribution in [0.3, 0.4) is 0 Å². The zero-order valence-electron chi connectivity index (χ0n) is 13.0. The predicted octanol–water partition coefficient (Wildman–Crippen LogP) is 2.08. The average molecular weight is 299 g/mol. The zero-order valence-corrected chi connectivity index (χ0v) is 13.0. The van der Waals surface area contributed by atoms with Gasteiger partial charge in [-0.2, -0.15) is 10.1 Å². The van der Waals surface area contributed by atoms with Gasteiger partial charge in [-0.25, -0.2) is 4.98 Å². The lowest BCUT2D eigenvalue weighted by Gasteiger charge is -1.98. The van der Waals surface area contributed by atoms with Crippen molar-refractivity contribution in [3.8, 4) is 17.3 Å². The summed E-state index contributed by atoms with van der Waals surface area (Å²) in [5, 5.41) is 8.40. The fourth-order valence-corrected chi connectivity index (χ4v) is 2.30. The maximum Gasteiger partial charge on any atom is 0.231 e. The van der Waals surface area contributed by atoms with Crippen molar-refractivity contribution in [3.05, 3.63) is 41.2 Å². The number of aromatic nitrogens is 5. The molecule has 7 heteroatoms. The van der Waals surface area contributed by atoms with Gasteiger partial charge in [-0.15, -0.1) is 0 Å². The minimum absolute atomic E-state index is 0.518. The minimum atomic E-state index is 0.518. The van der Waals surface area contributed by atoms with Crippen LogP contribution in [0.15, 0.2) is 22.9 Å². The molecule has 7 nitrogen and oxygen atoms in total. The molecule has 0 fully saturated rings. The third-order valence-electron chi connectivity index (χ3n) is 3.66. The van der Waals surface area contributed by atoms with Gasteiger partial charge in [-0.3, -0.25) is 4.68 Å². The van der Waals surface area contributed by atoms with Crippen LogP contribution < -0.4 is 4.74 Å². The van der Waals surface area contributed by atoms with Gasteiger partial charge in [0.05, 0.1) is 19.2 Å². The fourth-order valence-electron chi connectivity index (χ4n) is 2.30. The second-order valence-corrected chi connectivity index (χ2v) is 5.05. The number of aryl methyl sites for hydroxylation is 2. The molecule has 0 bridgehead atoms. The third kappa shape index (κ3) is 2.57. The van der Waals surface area contributed by atoms with Gasteiger partial charge in [-0.05, 0) is 19.9 Å². The number of rotatable bonds is 4. The standard InChI is InChI=1S/C15H17N5O2/c1-9-12(10(2)20(3)18-9)7-14-17-15(19-22-14)11-5-6-13(21-4)16-8-11/h5-6,8H,7H2,1-4H3. The molecule has 0 aliphatic heterocycles. The van der Waals surface area contributed by atoms with Gasteiger partial charge in [0.1, 0.15) is 0 Å². The summed E-state index contributed by atoms with van der Waals surface area (Å²) in [5.74, 6) is 1.63. The lowest BCUT2D eigenvalue weighted by atomic mass is 10.1. The first-order valence-electron chi connectivity index (χ1n) is 6.90. The van der Waals surface area contributed by atoms with Crippen molar-refractivity contribution < 1.29 is 9.26 Å². The van der Waals surface area contributed by atoms with Gasteiger partial charge >= 0.3 is 0 Å². The lowest BCUT2D eigenvalue weighted by molar-refractivity contribution is 0.385. The van der Waals surface area contributed by atoms with Crippen molar-refractivity contribution in [2.45, 2.75) is 20.3 Å². The molecule has 0 unspecified atom stereocenters. The molecule has 0 atom stereocenters. The van der Waals surface area contributed by atoms with Crippen molar-refractivity contribution >= 4 is 0 Å². The van der Waals surface area contributed by atoms with Crippen molar-refractivity contribution in [3.63, 3.8) is 0 Å². The number of nitrogens with zero attached hydrogens (tertiary/aromatic N) is 5. The molecule has 3 aromatic heterocycles. The molecule has 0 saturated heterocycles. The molecule has 0 spiro atoms. The van der Waals surface area contributed by atoms with E-state index in [1.165, 1.54) is 0 Å². The normalized spacial score (nSPS) is 10.9. The molecule has 3 heterocycles. The Morgan fingerprint density at radius 3 is 2.68 bits per heavy atom. The van der Waals surface area contributed by atoms with E-state index in [2.05, 4.69) is 20.2 Å². The highest BCUT2D eigenvalue weighted by Gasteiger charge is 2.15. The van der Waals surface area contributed by atoms with Crippen LogP contribution in [0.1, 0.15) is 22.8 Å². The van der Waals surface area contributed by atoms with Crippen LogP contribution in [0.4, 0.5) is 0 Å². The van der Waals surface area contributed by atoms with Crippen molar-refractivity contribution in [2.75, 3.05) is 7.11 Å². The second-order valence-electron chi connectivity index (χ2n) is 5.05. The van der Waals surface area contributed by atoms with Crippen LogP contribution in [-0.2, 0) is 13.5 Å². The summed E-state index contributed by atoms with van der Waals surface area (Å²) in [6.45, 7) is 4.01. The van der Waals surface area contributed by atoms with E-state index < -0.39 is 0 Å². The first kappa shape index (κ1) is 14.2. The van der Waals surface area contributed by atoms with Gasteiger partial charge < -0.3 is 9.26 Å². The Bertz CT molecular complexity index is 789. The van der Waals surface area contributed by atoms with E-state index in [9.17, 15) is 0 Å². The Labute approximate surface area is 127 Å². The summed E-state index contributed by atoms with van der Waals surface area (Å²) < 4.78 is 12.2. The largest absolute Gasteiger partial charge is 0.481 e. The van der Waals surface area contributed by atoms with Crippen LogP contribution in [-0.4, -0.2) is 32.0 Å². The highest BCUT2D eigenvalue weighted by Crippen LogP contribution is 2.20. The Morgan fingerprint density at radius 1 is 1.27 bits per heavy atom. The number of ether oxygens (including phenoxy) is 1. The van der Waals surface area contributed by atoms with Gasteiger partial charge in [0.15, 0.2) is 0 Å². The smallest absolute Gasteiger partial charge is 0.231 e. The van der Waals surface area contributed by atoms with Crippen LogP contribution in [0.5, 0.6) is 5.88 Å². The van der Waals surface area contributed by atoms with Crippen LogP contribution in [0.25, 0.3) is 11.4 Å². The van der Waals surface area contributed by atoms with Crippen LogP contribution >= 0.6 is 0 Å². The van der Waals surface area contributed by atoms with Crippen molar-refractivity contribution in [1.82, 2.24) is 24.9 Å². The van der Waals surface area contributed by atoms with Gasteiger partial charge in [0.2, 0.25) is 17.6 Å². The van der Waals surface area contributed by atoms with E-state index in [0.717, 1.165) is 22.5 Å². The Kier molecular flexibility index (Phi) is 3.62. The molecule has 3 aromatic rings. The maximum atomic E-state index is 5.34. The fraction of sp³-hybridized carbons (Fsp3) is 0.333.